The van der Waals surface area contributed by atoms with Crippen molar-refractivity contribution in [2.75, 3.05) is 5.32 Å². The van der Waals surface area contributed by atoms with Gasteiger partial charge in [0, 0.05) is 30.9 Å². The normalized spacial score (nSPS) is 15.7. The first-order valence-corrected chi connectivity index (χ1v) is 7.04. The van der Waals surface area contributed by atoms with Crippen LogP contribution in [0.2, 0.25) is 0 Å². The molecule has 3 rings (SSSR count). The molecule has 0 spiro atoms. The van der Waals surface area contributed by atoms with Gasteiger partial charge in [-0.15, -0.1) is 0 Å². The molecule has 1 fully saturated rings. The lowest BCUT2D eigenvalue weighted by Crippen LogP contribution is -2.15. The molecule has 0 unspecified atom stereocenters. The van der Waals surface area contributed by atoms with Gasteiger partial charge in [0.15, 0.2) is 5.82 Å². The third kappa shape index (κ3) is 2.89. The van der Waals surface area contributed by atoms with E-state index in [1.807, 2.05) is 25.4 Å². The van der Waals surface area contributed by atoms with E-state index in [4.69, 9.17) is 0 Å². The molecular weight excluding hydrogens is 254 g/mol. The van der Waals surface area contributed by atoms with Crippen molar-refractivity contribution in [2.24, 2.45) is 7.05 Å². The van der Waals surface area contributed by atoms with Crippen molar-refractivity contribution < 1.29 is 4.79 Å². The molecular formula is C14H19N5O. The first-order valence-electron chi connectivity index (χ1n) is 7.04. The summed E-state index contributed by atoms with van der Waals surface area (Å²) in [6, 6.07) is 3.79. The van der Waals surface area contributed by atoms with Crippen LogP contribution < -0.4 is 5.32 Å². The van der Waals surface area contributed by atoms with Gasteiger partial charge in [0.1, 0.15) is 0 Å². The highest BCUT2D eigenvalue weighted by atomic mass is 16.1. The molecule has 1 amide bonds. The summed E-state index contributed by atoms with van der Waals surface area (Å²) in [5, 5.41) is 14.2. The molecule has 0 aliphatic heterocycles. The van der Waals surface area contributed by atoms with Crippen LogP contribution >= 0.6 is 0 Å². The number of nitrogens with one attached hydrogen (secondary N) is 2. The number of amides is 1. The molecule has 6 nitrogen and oxygen atoms in total. The standard InChI is InChI=1S/C14H19N5O/c1-19-7-6-11(18-19)8-14(20)15-13-9-12(16-17-13)10-4-2-3-5-10/h6-7,9-10H,2-5,8H2,1H3,(H2,15,16,17,20). The number of H-pyrrole nitrogens is 1. The summed E-state index contributed by atoms with van der Waals surface area (Å²) in [4.78, 5) is 11.9. The van der Waals surface area contributed by atoms with Crippen molar-refractivity contribution in [1.82, 2.24) is 20.0 Å². The number of carbonyl (C=O) groups excluding carboxylic acids is 1. The van der Waals surface area contributed by atoms with Gasteiger partial charge in [0.2, 0.25) is 5.91 Å². The second-order valence-electron chi connectivity index (χ2n) is 5.40. The number of anilines is 1. The molecule has 0 radical (unpaired) electrons. The maximum absolute atomic E-state index is 11.9. The van der Waals surface area contributed by atoms with Crippen molar-refractivity contribution in [3.05, 3.63) is 29.7 Å². The molecule has 2 N–H and O–H groups in total. The van der Waals surface area contributed by atoms with Crippen molar-refractivity contribution >= 4 is 11.7 Å². The Morgan fingerprint density at radius 2 is 2.30 bits per heavy atom. The minimum atomic E-state index is -0.0897. The summed E-state index contributed by atoms with van der Waals surface area (Å²) >= 11 is 0. The lowest BCUT2D eigenvalue weighted by molar-refractivity contribution is -0.115. The lowest BCUT2D eigenvalue weighted by atomic mass is 10.0. The maximum atomic E-state index is 11.9. The minimum absolute atomic E-state index is 0.0897. The molecule has 0 bridgehead atoms. The second-order valence-corrected chi connectivity index (χ2v) is 5.40. The van der Waals surface area contributed by atoms with Gasteiger partial charge in [-0.1, -0.05) is 12.8 Å². The number of nitrogens with zero attached hydrogens (tertiary/aromatic N) is 3. The molecule has 6 heteroatoms. The molecule has 20 heavy (non-hydrogen) atoms. The van der Waals surface area contributed by atoms with Crippen molar-refractivity contribution in [1.29, 1.82) is 0 Å². The molecule has 0 saturated heterocycles. The smallest absolute Gasteiger partial charge is 0.231 e. The van der Waals surface area contributed by atoms with E-state index in [0.717, 1.165) is 11.4 Å². The summed E-state index contributed by atoms with van der Waals surface area (Å²) in [7, 11) is 1.84. The Morgan fingerprint density at radius 3 is 3.00 bits per heavy atom. The molecule has 106 valence electrons. The monoisotopic (exact) mass is 273 g/mol. The van der Waals surface area contributed by atoms with Crippen LogP contribution in [0.1, 0.15) is 43.0 Å². The molecule has 1 aliphatic carbocycles. The first-order chi connectivity index (χ1) is 9.70. The van der Waals surface area contributed by atoms with E-state index in [1.54, 1.807) is 4.68 Å². The van der Waals surface area contributed by atoms with E-state index in [-0.39, 0.29) is 12.3 Å². The maximum Gasteiger partial charge on any atom is 0.231 e. The fraction of sp³-hybridized carbons (Fsp3) is 0.500. The SMILES string of the molecule is Cn1ccc(CC(=O)Nc2cc(C3CCCC3)[nH]n2)n1. The number of hydrogen-bond acceptors (Lipinski definition) is 3. The van der Waals surface area contributed by atoms with Gasteiger partial charge in [-0.25, -0.2) is 0 Å². The zero-order chi connectivity index (χ0) is 13.9. The molecule has 2 aromatic rings. The predicted octanol–water partition coefficient (Wildman–Crippen LogP) is 1.98. The van der Waals surface area contributed by atoms with Gasteiger partial charge in [-0.05, 0) is 18.9 Å². The predicted molar refractivity (Wildman–Crippen MR) is 75.3 cm³/mol. The Morgan fingerprint density at radius 1 is 1.50 bits per heavy atom. The number of carbonyl (C=O) groups is 1. The highest BCUT2D eigenvalue weighted by molar-refractivity contribution is 5.91. The second kappa shape index (κ2) is 5.48. The minimum Gasteiger partial charge on any atom is -0.309 e. The summed E-state index contributed by atoms with van der Waals surface area (Å²) in [5.41, 5.74) is 1.90. The first kappa shape index (κ1) is 12.9. The fourth-order valence-electron chi connectivity index (χ4n) is 2.76. The summed E-state index contributed by atoms with van der Waals surface area (Å²) in [5.74, 6) is 1.09. The third-order valence-corrected chi connectivity index (χ3v) is 3.77. The average molecular weight is 273 g/mol. The van der Waals surface area contributed by atoms with Gasteiger partial charge >= 0.3 is 0 Å². The molecule has 2 aromatic heterocycles. The molecule has 1 saturated carbocycles. The van der Waals surface area contributed by atoms with E-state index >= 15 is 0 Å². The highest BCUT2D eigenvalue weighted by Crippen LogP contribution is 2.33. The number of rotatable bonds is 4. The zero-order valence-electron chi connectivity index (χ0n) is 11.6. The van der Waals surface area contributed by atoms with Gasteiger partial charge in [0.05, 0.1) is 12.1 Å². The van der Waals surface area contributed by atoms with Crippen LogP contribution in [0.5, 0.6) is 0 Å². The van der Waals surface area contributed by atoms with Gasteiger partial charge in [0.25, 0.3) is 0 Å². The summed E-state index contributed by atoms with van der Waals surface area (Å²) in [6.07, 6.45) is 7.09. The van der Waals surface area contributed by atoms with Crippen LogP contribution in [0.25, 0.3) is 0 Å². The van der Waals surface area contributed by atoms with Crippen LogP contribution in [0.15, 0.2) is 18.3 Å². The van der Waals surface area contributed by atoms with Gasteiger partial charge in [-0.2, -0.15) is 10.2 Å². The lowest BCUT2D eigenvalue weighted by Gasteiger charge is -2.03. The Bertz CT molecular complexity index is 594. The summed E-state index contributed by atoms with van der Waals surface area (Å²) < 4.78 is 1.69. The Kier molecular flexibility index (Phi) is 3.54. The molecule has 2 heterocycles. The van der Waals surface area contributed by atoms with Gasteiger partial charge < -0.3 is 5.32 Å². The van der Waals surface area contributed by atoms with E-state index < -0.39 is 0 Å². The van der Waals surface area contributed by atoms with E-state index in [9.17, 15) is 4.79 Å². The van der Waals surface area contributed by atoms with Gasteiger partial charge in [-0.3, -0.25) is 14.6 Å². The third-order valence-electron chi connectivity index (χ3n) is 3.77. The van der Waals surface area contributed by atoms with Crippen LogP contribution in [0.3, 0.4) is 0 Å². The van der Waals surface area contributed by atoms with Crippen LogP contribution in [-0.2, 0) is 18.3 Å². The Balaban J connectivity index is 1.58. The van der Waals surface area contributed by atoms with Crippen LogP contribution in [0, 0.1) is 0 Å². The van der Waals surface area contributed by atoms with Crippen molar-refractivity contribution in [3.8, 4) is 0 Å². The number of aryl methyl sites for hydroxylation is 1. The zero-order valence-corrected chi connectivity index (χ0v) is 11.6. The fourth-order valence-corrected chi connectivity index (χ4v) is 2.76. The van der Waals surface area contributed by atoms with Crippen molar-refractivity contribution in [2.45, 2.75) is 38.0 Å². The topological polar surface area (TPSA) is 75.6 Å². The highest BCUT2D eigenvalue weighted by Gasteiger charge is 2.19. The van der Waals surface area contributed by atoms with E-state index in [1.165, 1.54) is 25.7 Å². The molecule has 1 aliphatic rings. The van der Waals surface area contributed by atoms with E-state index in [0.29, 0.717) is 11.7 Å². The largest absolute Gasteiger partial charge is 0.309 e. The Hall–Kier alpha value is -2.11. The molecule has 0 aromatic carbocycles. The number of hydrogen-bond donors (Lipinski definition) is 2. The molecule has 0 atom stereocenters. The van der Waals surface area contributed by atoms with E-state index in [2.05, 4.69) is 20.6 Å². The summed E-state index contributed by atoms with van der Waals surface area (Å²) in [6.45, 7) is 0. The number of aromatic amines is 1. The Labute approximate surface area is 117 Å². The average Bonchev–Trinajstić information content (AvgIpc) is 3.10. The quantitative estimate of drug-likeness (QED) is 0.894. The van der Waals surface area contributed by atoms with Crippen LogP contribution in [0.4, 0.5) is 5.82 Å². The number of aromatic nitrogens is 4. The van der Waals surface area contributed by atoms with Crippen molar-refractivity contribution in [3.63, 3.8) is 0 Å². The van der Waals surface area contributed by atoms with Crippen LogP contribution in [-0.4, -0.2) is 25.9 Å².